The van der Waals surface area contributed by atoms with Crippen LogP contribution in [0.2, 0.25) is 0 Å². The van der Waals surface area contributed by atoms with Gasteiger partial charge in [0.15, 0.2) is 0 Å². The van der Waals surface area contributed by atoms with E-state index in [2.05, 4.69) is 77.2 Å². The molecule has 4 aromatic rings. The fourth-order valence-electron chi connectivity index (χ4n) is 6.59. The van der Waals surface area contributed by atoms with E-state index >= 15 is 0 Å². The molecule has 0 bridgehead atoms. The lowest BCUT2D eigenvalue weighted by Gasteiger charge is -2.51. The summed E-state index contributed by atoms with van der Waals surface area (Å²) in [5.41, 5.74) is 7.17. The number of hydrogen-bond donors (Lipinski definition) is 1. The minimum Gasteiger partial charge on any atom is -0.508 e. The van der Waals surface area contributed by atoms with E-state index in [9.17, 15) is 5.11 Å². The zero-order chi connectivity index (χ0) is 22.4. The highest BCUT2D eigenvalue weighted by Crippen LogP contribution is 2.50. The number of benzene rings is 3. The predicted octanol–water partition coefficient (Wildman–Crippen LogP) is 5.49. The van der Waals surface area contributed by atoms with Gasteiger partial charge in [-0.05, 0) is 73.0 Å². The molecule has 2 atom stereocenters. The maximum atomic E-state index is 10.3. The van der Waals surface area contributed by atoms with Crippen LogP contribution < -0.4 is 0 Å². The third-order valence-electron chi connectivity index (χ3n) is 8.39. The number of aromatic nitrogens is 1. The highest BCUT2D eigenvalue weighted by molar-refractivity contribution is 5.86. The number of fused-ring (bicyclic) bond motifs is 4. The molecule has 2 heterocycles. The predicted molar refractivity (Wildman–Crippen MR) is 135 cm³/mol. The Morgan fingerprint density at radius 3 is 2.64 bits per heavy atom. The Kier molecular flexibility index (Phi) is 5.03. The van der Waals surface area contributed by atoms with E-state index < -0.39 is 0 Å². The molecule has 3 aromatic carbocycles. The molecular formula is C30H32N2O. The van der Waals surface area contributed by atoms with Gasteiger partial charge in [-0.2, -0.15) is 0 Å². The molecule has 0 radical (unpaired) electrons. The third kappa shape index (κ3) is 3.46. The number of nitrogens with zero attached hydrogens (tertiary/aromatic N) is 2. The summed E-state index contributed by atoms with van der Waals surface area (Å²) in [6.07, 6.45) is 4.39. The number of hydrogen-bond acceptors (Lipinski definition) is 2. The Balaban J connectivity index is 1.37. The molecular weight excluding hydrogens is 404 g/mol. The molecule has 168 valence electrons. The SMILES string of the molecule is Cn1c2c(c3ccccc31)CC1CN(CCc3ccccc3)CCC1(c1cccc(O)c1)C2. The molecule has 33 heavy (non-hydrogen) atoms. The largest absolute Gasteiger partial charge is 0.508 e. The molecule has 1 aliphatic carbocycles. The number of para-hydroxylation sites is 1. The van der Waals surface area contributed by atoms with Crippen molar-refractivity contribution in [3.8, 4) is 5.75 Å². The smallest absolute Gasteiger partial charge is 0.115 e. The zero-order valence-corrected chi connectivity index (χ0v) is 19.4. The van der Waals surface area contributed by atoms with E-state index in [1.807, 2.05) is 12.1 Å². The summed E-state index contributed by atoms with van der Waals surface area (Å²) in [5.74, 6) is 0.928. The maximum absolute atomic E-state index is 10.3. The standard InChI is InChI=1S/C30H32N2O/c1-31-28-13-6-5-12-26(28)27-19-24-21-32(16-14-22-8-3-2-4-9-22)17-15-30(24,20-29(27)31)23-10-7-11-25(33)18-23/h2-13,18,24,33H,14-17,19-21H2,1H3. The maximum Gasteiger partial charge on any atom is 0.115 e. The monoisotopic (exact) mass is 436 g/mol. The number of phenolic OH excluding ortho intramolecular Hbond substituents is 1. The molecule has 0 spiro atoms. The second-order valence-electron chi connectivity index (χ2n) is 10.1. The molecule has 0 saturated carbocycles. The molecule has 3 nitrogen and oxygen atoms in total. The minimum absolute atomic E-state index is 0.0805. The molecule has 2 unspecified atom stereocenters. The summed E-state index contributed by atoms with van der Waals surface area (Å²) in [5, 5.41) is 11.8. The quantitative estimate of drug-likeness (QED) is 0.459. The van der Waals surface area contributed by atoms with Crippen molar-refractivity contribution < 1.29 is 5.11 Å². The average Bonchev–Trinajstić information content (AvgIpc) is 3.13. The van der Waals surface area contributed by atoms with Crippen LogP contribution in [-0.4, -0.2) is 34.2 Å². The molecule has 1 aliphatic heterocycles. The third-order valence-corrected chi connectivity index (χ3v) is 8.39. The zero-order valence-electron chi connectivity index (χ0n) is 19.4. The molecule has 0 amide bonds. The van der Waals surface area contributed by atoms with Crippen molar-refractivity contribution in [2.75, 3.05) is 19.6 Å². The van der Waals surface area contributed by atoms with Crippen molar-refractivity contribution in [3.05, 3.63) is 101 Å². The van der Waals surface area contributed by atoms with Gasteiger partial charge in [0, 0.05) is 42.1 Å². The van der Waals surface area contributed by atoms with Crippen molar-refractivity contribution in [1.29, 1.82) is 0 Å². The van der Waals surface area contributed by atoms with Crippen molar-refractivity contribution >= 4 is 10.9 Å². The Morgan fingerprint density at radius 2 is 1.79 bits per heavy atom. The van der Waals surface area contributed by atoms with Crippen LogP contribution in [0.3, 0.4) is 0 Å². The molecule has 2 aliphatic rings. The van der Waals surface area contributed by atoms with Gasteiger partial charge in [0.1, 0.15) is 5.75 Å². The lowest BCUT2D eigenvalue weighted by atomic mass is 9.58. The van der Waals surface area contributed by atoms with Gasteiger partial charge in [-0.25, -0.2) is 0 Å². The summed E-state index contributed by atoms with van der Waals surface area (Å²) in [6.45, 7) is 3.34. The molecule has 1 N–H and O–H groups in total. The number of aryl methyl sites for hydroxylation is 1. The van der Waals surface area contributed by atoms with Gasteiger partial charge < -0.3 is 14.6 Å². The molecule has 3 heteroatoms. The van der Waals surface area contributed by atoms with E-state index in [1.54, 1.807) is 11.6 Å². The lowest BCUT2D eigenvalue weighted by molar-refractivity contribution is 0.0815. The number of piperidine rings is 1. The number of phenols is 1. The van der Waals surface area contributed by atoms with Crippen molar-refractivity contribution in [1.82, 2.24) is 9.47 Å². The van der Waals surface area contributed by atoms with Gasteiger partial charge in [0.25, 0.3) is 0 Å². The summed E-state index contributed by atoms with van der Waals surface area (Å²) < 4.78 is 2.42. The average molecular weight is 437 g/mol. The second kappa shape index (κ2) is 8.07. The van der Waals surface area contributed by atoms with Gasteiger partial charge in [-0.1, -0.05) is 60.7 Å². The van der Waals surface area contributed by atoms with Gasteiger partial charge in [-0.15, -0.1) is 0 Å². The first kappa shape index (κ1) is 20.6. The summed E-state index contributed by atoms with van der Waals surface area (Å²) >= 11 is 0. The molecule has 1 aromatic heterocycles. The fraction of sp³-hybridized carbons (Fsp3) is 0.333. The number of aromatic hydroxyl groups is 1. The Labute approximate surface area is 196 Å². The van der Waals surface area contributed by atoms with Gasteiger partial charge in [0.2, 0.25) is 0 Å². The van der Waals surface area contributed by atoms with Crippen LogP contribution in [0, 0.1) is 5.92 Å². The van der Waals surface area contributed by atoms with Crippen LogP contribution in [0.4, 0.5) is 0 Å². The van der Waals surface area contributed by atoms with E-state index in [1.165, 1.54) is 27.7 Å². The number of rotatable bonds is 4. The van der Waals surface area contributed by atoms with Crippen LogP contribution in [-0.2, 0) is 31.7 Å². The topological polar surface area (TPSA) is 28.4 Å². The van der Waals surface area contributed by atoms with Crippen LogP contribution in [0.15, 0.2) is 78.9 Å². The van der Waals surface area contributed by atoms with E-state index in [4.69, 9.17) is 0 Å². The lowest BCUT2D eigenvalue weighted by Crippen LogP contribution is -2.54. The van der Waals surface area contributed by atoms with Crippen LogP contribution in [0.5, 0.6) is 5.75 Å². The Bertz CT molecular complexity index is 1290. The highest BCUT2D eigenvalue weighted by atomic mass is 16.3. The summed E-state index contributed by atoms with van der Waals surface area (Å²) in [4.78, 5) is 2.68. The summed E-state index contributed by atoms with van der Waals surface area (Å²) in [7, 11) is 2.23. The van der Waals surface area contributed by atoms with E-state index in [-0.39, 0.29) is 5.41 Å². The normalized spacial score (nSPS) is 22.8. The minimum atomic E-state index is 0.0805. The number of likely N-dealkylation sites (tertiary alicyclic amines) is 1. The van der Waals surface area contributed by atoms with Crippen LogP contribution in [0.25, 0.3) is 10.9 Å². The molecule has 1 fully saturated rings. The first-order valence-electron chi connectivity index (χ1n) is 12.2. The highest BCUT2D eigenvalue weighted by Gasteiger charge is 2.48. The Morgan fingerprint density at radius 1 is 0.970 bits per heavy atom. The molecule has 1 saturated heterocycles. The van der Waals surface area contributed by atoms with Gasteiger partial charge in [-0.3, -0.25) is 0 Å². The van der Waals surface area contributed by atoms with Crippen LogP contribution >= 0.6 is 0 Å². The van der Waals surface area contributed by atoms with E-state index in [0.29, 0.717) is 11.7 Å². The van der Waals surface area contributed by atoms with Gasteiger partial charge >= 0.3 is 0 Å². The van der Waals surface area contributed by atoms with Gasteiger partial charge in [0.05, 0.1) is 0 Å². The van der Waals surface area contributed by atoms with Crippen molar-refractivity contribution in [2.24, 2.45) is 13.0 Å². The fourth-order valence-corrected chi connectivity index (χ4v) is 6.59. The Hall–Kier alpha value is -3.04. The molecule has 6 rings (SSSR count). The summed E-state index contributed by atoms with van der Waals surface area (Å²) in [6, 6.07) is 27.8. The van der Waals surface area contributed by atoms with Crippen molar-refractivity contribution in [2.45, 2.75) is 31.1 Å². The second-order valence-corrected chi connectivity index (χ2v) is 10.1. The van der Waals surface area contributed by atoms with Crippen molar-refractivity contribution in [3.63, 3.8) is 0 Å². The van der Waals surface area contributed by atoms with Crippen LogP contribution in [0.1, 0.15) is 28.8 Å². The first-order chi connectivity index (χ1) is 16.1. The first-order valence-corrected chi connectivity index (χ1v) is 12.2. The van der Waals surface area contributed by atoms with E-state index in [0.717, 1.165) is 45.3 Å².